The number of carbonyl (C=O) groups excluding carboxylic acids is 1. The van der Waals surface area contributed by atoms with Gasteiger partial charge in [0.1, 0.15) is 0 Å². The Balaban J connectivity index is 2.39. The largest absolute Gasteiger partial charge is 0.490 e. The van der Waals surface area contributed by atoms with Crippen LogP contribution in [0.2, 0.25) is 0 Å². The zero-order chi connectivity index (χ0) is 19.8. The van der Waals surface area contributed by atoms with Crippen LogP contribution >= 0.6 is 0 Å². The SMILES string of the molecule is CCOc1cc(C=C(C#N)c2cccc([N+](=O)[O-])c2)ccc1OCC(N)=O. The van der Waals surface area contributed by atoms with Crippen LogP contribution in [0.4, 0.5) is 5.69 Å². The van der Waals surface area contributed by atoms with Crippen molar-refractivity contribution in [3.05, 3.63) is 63.7 Å². The van der Waals surface area contributed by atoms with Gasteiger partial charge in [0.25, 0.3) is 11.6 Å². The summed E-state index contributed by atoms with van der Waals surface area (Å²) in [5.41, 5.74) is 6.30. The summed E-state index contributed by atoms with van der Waals surface area (Å²) >= 11 is 0. The van der Waals surface area contributed by atoms with Crippen molar-refractivity contribution in [1.82, 2.24) is 0 Å². The molecule has 0 aromatic heterocycles. The van der Waals surface area contributed by atoms with Gasteiger partial charge in [-0.15, -0.1) is 0 Å². The number of primary amides is 1. The number of nitrogens with zero attached hydrogens (tertiary/aromatic N) is 2. The van der Waals surface area contributed by atoms with E-state index in [-0.39, 0.29) is 17.9 Å². The van der Waals surface area contributed by atoms with Gasteiger partial charge in [-0.25, -0.2) is 0 Å². The first-order valence-corrected chi connectivity index (χ1v) is 7.99. The second-order valence-electron chi connectivity index (χ2n) is 5.37. The van der Waals surface area contributed by atoms with Crippen LogP contribution in [0.15, 0.2) is 42.5 Å². The summed E-state index contributed by atoms with van der Waals surface area (Å²) in [6.45, 7) is 1.88. The second-order valence-corrected chi connectivity index (χ2v) is 5.37. The molecular weight excluding hydrogens is 350 g/mol. The molecule has 2 aromatic carbocycles. The van der Waals surface area contributed by atoms with Gasteiger partial charge >= 0.3 is 0 Å². The van der Waals surface area contributed by atoms with Crippen molar-refractivity contribution in [3.8, 4) is 17.6 Å². The molecule has 8 heteroatoms. The first kappa shape index (κ1) is 19.5. The molecule has 0 fully saturated rings. The lowest BCUT2D eigenvalue weighted by Gasteiger charge is -2.11. The summed E-state index contributed by atoms with van der Waals surface area (Å²) in [4.78, 5) is 21.3. The normalized spacial score (nSPS) is 10.7. The highest BCUT2D eigenvalue weighted by Crippen LogP contribution is 2.30. The molecule has 0 aliphatic heterocycles. The lowest BCUT2D eigenvalue weighted by molar-refractivity contribution is -0.384. The van der Waals surface area contributed by atoms with Gasteiger partial charge in [-0.2, -0.15) is 5.26 Å². The van der Waals surface area contributed by atoms with Gasteiger partial charge in [-0.3, -0.25) is 14.9 Å². The number of benzene rings is 2. The number of nitriles is 1. The Labute approximate surface area is 155 Å². The van der Waals surface area contributed by atoms with Gasteiger partial charge in [0.15, 0.2) is 18.1 Å². The van der Waals surface area contributed by atoms with Crippen LogP contribution in [0.3, 0.4) is 0 Å². The first-order chi connectivity index (χ1) is 12.9. The van der Waals surface area contributed by atoms with Gasteiger partial charge in [0.05, 0.1) is 23.2 Å². The Bertz CT molecular complexity index is 931. The smallest absolute Gasteiger partial charge is 0.270 e. The van der Waals surface area contributed by atoms with E-state index < -0.39 is 10.8 Å². The Morgan fingerprint density at radius 1 is 1.26 bits per heavy atom. The number of allylic oxidation sites excluding steroid dienone is 1. The molecular formula is C19H17N3O5. The van der Waals surface area contributed by atoms with Gasteiger partial charge in [0.2, 0.25) is 0 Å². The van der Waals surface area contributed by atoms with E-state index in [1.165, 1.54) is 18.2 Å². The molecule has 0 bridgehead atoms. The zero-order valence-electron chi connectivity index (χ0n) is 14.5. The zero-order valence-corrected chi connectivity index (χ0v) is 14.5. The molecule has 1 amide bonds. The molecule has 0 aliphatic carbocycles. The molecule has 0 spiro atoms. The van der Waals surface area contributed by atoms with Crippen LogP contribution in [-0.2, 0) is 4.79 Å². The monoisotopic (exact) mass is 367 g/mol. The molecule has 0 aliphatic rings. The Hall–Kier alpha value is -3.86. The average molecular weight is 367 g/mol. The summed E-state index contributed by atoms with van der Waals surface area (Å²) < 4.78 is 10.8. The van der Waals surface area contributed by atoms with Crippen LogP contribution in [0.25, 0.3) is 11.6 Å². The number of hydrogen-bond acceptors (Lipinski definition) is 6. The summed E-state index contributed by atoms with van der Waals surface area (Å²) in [5.74, 6) is 0.129. The maximum atomic E-state index is 10.9. The number of nitrogens with two attached hydrogens (primary N) is 1. The maximum absolute atomic E-state index is 10.9. The minimum atomic E-state index is -0.612. The van der Waals surface area contributed by atoms with Crippen molar-refractivity contribution >= 4 is 23.2 Å². The fourth-order valence-electron chi connectivity index (χ4n) is 2.28. The molecule has 2 N–H and O–H groups in total. The average Bonchev–Trinajstić information content (AvgIpc) is 2.65. The standard InChI is InChI=1S/C19H17N3O5/c1-2-26-18-9-13(6-7-17(18)27-12-19(21)23)8-15(11-20)14-4-3-5-16(10-14)22(24)25/h3-10H,2,12H2,1H3,(H2,21,23). The van der Waals surface area contributed by atoms with Gasteiger partial charge < -0.3 is 15.2 Å². The number of carbonyl (C=O) groups is 1. The van der Waals surface area contributed by atoms with E-state index in [9.17, 15) is 20.2 Å². The van der Waals surface area contributed by atoms with Crippen LogP contribution in [0.5, 0.6) is 11.5 Å². The van der Waals surface area contributed by atoms with Crippen molar-refractivity contribution in [1.29, 1.82) is 5.26 Å². The van der Waals surface area contributed by atoms with Crippen LogP contribution < -0.4 is 15.2 Å². The highest BCUT2D eigenvalue weighted by atomic mass is 16.6. The summed E-state index contributed by atoms with van der Waals surface area (Å²) in [7, 11) is 0. The molecule has 8 nitrogen and oxygen atoms in total. The van der Waals surface area contributed by atoms with E-state index in [0.717, 1.165) is 0 Å². The Morgan fingerprint density at radius 2 is 2.04 bits per heavy atom. The van der Waals surface area contributed by atoms with Gasteiger partial charge in [0, 0.05) is 12.1 Å². The molecule has 138 valence electrons. The minimum Gasteiger partial charge on any atom is -0.490 e. The molecule has 2 aromatic rings. The first-order valence-electron chi connectivity index (χ1n) is 7.99. The summed E-state index contributed by atoms with van der Waals surface area (Å²) in [6.07, 6.45) is 1.58. The molecule has 0 atom stereocenters. The van der Waals surface area contributed by atoms with Crippen LogP contribution in [0.1, 0.15) is 18.1 Å². The fourth-order valence-corrected chi connectivity index (χ4v) is 2.28. The number of rotatable bonds is 8. The van der Waals surface area contributed by atoms with E-state index in [4.69, 9.17) is 15.2 Å². The molecule has 2 rings (SSSR count). The molecule has 0 saturated heterocycles. The van der Waals surface area contributed by atoms with Gasteiger partial charge in [-0.05, 0) is 36.3 Å². The maximum Gasteiger partial charge on any atom is 0.270 e. The number of amides is 1. The highest BCUT2D eigenvalue weighted by molar-refractivity contribution is 5.90. The fraction of sp³-hybridized carbons (Fsp3) is 0.158. The summed E-state index contributed by atoms with van der Waals surface area (Å²) in [5, 5.41) is 20.4. The third kappa shape index (κ3) is 5.31. The predicted molar refractivity (Wildman–Crippen MR) is 98.9 cm³/mol. The molecule has 0 radical (unpaired) electrons. The molecule has 0 heterocycles. The minimum absolute atomic E-state index is 0.0983. The topological polar surface area (TPSA) is 128 Å². The van der Waals surface area contributed by atoms with E-state index >= 15 is 0 Å². The molecule has 0 unspecified atom stereocenters. The van der Waals surface area contributed by atoms with E-state index in [2.05, 4.69) is 0 Å². The third-order valence-corrected chi connectivity index (χ3v) is 3.44. The lowest BCUT2D eigenvalue weighted by Crippen LogP contribution is -2.20. The van der Waals surface area contributed by atoms with Crippen molar-refractivity contribution in [2.45, 2.75) is 6.92 Å². The number of nitro benzene ring substituents is 1. The van der Waals surface area contributed by atoms with E-state index in [1.807, 2.05) is 6.07 Å². The Morgan fingerprint density at radius 3 is 2.67 bits per heavy atom. The number of non-ortho nitro benzene ring substituents is 1. The molecule has 0 saturated carbocycles. The lowest BCUT2D eigenvalue weighted by atomic mass is 10.0. The van der Waals surface area contributed by atoms with Crippen molar-refractivity contribution in [3.63, 3.8) is 0 Å². The van der Waals surface area contributed by atoms with Crippen LogP contribution in [-0.4, -0.2) is 24.0 Å². The van der Waals surface area contributed by atoms with Crippen LogP contribution in [0, 0.1) is 21.4 Å². The van der Waals surface area contributed by atoms with E-state index in [0.29, 0.717) is 29.2 Å². The van der Waals surface area contributed by atoms with E-state index in [1.54, 1.807) is 37.3 Å². The van der Waals surface area contributed by atoms with Crippen molar-refractivity contribution < 1.29 is 19.2 Å². The molecule has 27 heavy (non-hydrogen) atoms. The Kier molecular flexibility index (Phi) is 6.49. The predicted octanol–water partition coefficient (Wildman–Crippen LogP) is 2.92. The quantitative estimate of drug-likeness (QED) is 0.330. The highest BCUT2D eigenvalue weighted by Gasteiger charge is 2.11. The number of hydrogen-bond donors (Lipinski definition) is 1. The second kappa shape index (κ2) is 9.01. The van der Waals surface area contributed by atoms with Crippen molar-refractivity contribution in [2.75, 3.05) is 13.2 Å². The number of nitro groups is 1. The van der Waals surface area contributed by atoms with Crippen molar-refractivity contribution in [2.24, 2.45) is 5.73 Å². The number of ether oxygens (including phenoxy) is 2. The third-order valence-electron chi connectivity index (χ3n) is 3.44. The van der Waals surface area contributed by atoms with Gasteiger partial charge in [-0.1, -0.05) is 18.2 Å². The summed E-state index contributed by atoms with van der Waals surface area (Å²) in [6, 6.07) is 12.8.